The third-order valence-corrected chi connectivity index (χ3v) is 5.19. The number of nitrogens with one attached hydrogen (secondary N) is 2. The van der Waals surface area contributed by atoms with E-state index in [0.717, 1.165) is 51.1 Å². The molecule has 0 aliphatic carbocycles. The molecule has 144 valence electrons. The number of benzene rings is 1. The lowest BCUT2D eigenvalue weighted by Crippen LogP contribution is -2.46. The number of carbonyl (C=O) groups excluding carboxylic acids is 2. The third-order valence-electron chi connectivity index (χ3n) is 5.19. The summed E-state index contributed by atoms with van der Waals surface area (Å²) in [6.45, 7) is 4.10. The van der Waals surface area contributed by atoms with E-state index < -0.39 is 0 Å². The Morgan fingerprint density at radius 3 is 2.73 bits per heavy atom. The number of carbonyl (C=O) groups is 2. The summed E-state index contributed by atoms with van der Waals surface area (Å²) in [5, 5.41) is 6.05. The maximum Gasteiger partial charge on any atom is 0.321 e. The van der Waals surface area contributed by atoms with Crippen molar-refractivity contribution in [2.45, 2.75) is 25.7 Å². The normalized spacial score (nSPS) is 18.3. The van der Waals surface area contributed by atoms with Crippen molar-refractivity contribution in [3.05, 3.63) is 29.8 Å². The van der Waals surface area contributed by atoms with Gasteiger partial charge in [0.15, 0.2) is 0 Å². The van der Waals surface area contributed by atoms with Crippen LogP contribution in [0.1, 0.15) is 36.0 Å². The molecule has 2 N–H and O–H groups in total. The summed E-state index contributed by atoms with van der Waals surface area (Å²) < 4.78 is 0. The second-order valence-electron chi connectivity index (χ2n) is 6.92. The number of urea groups is 1. The number of piperidine rings is 1. The Kier molecular flexibility index (Phi) is 7.72. The van der Waals surface area contributed by atoms with Crippen molar-refractivity contribution < 1.29 is 9.59 Å². The van der Waals surface area contributed by atoms with Gasteiger partial charge in [0.1, 0.15) is 0 Å². The van der Waals surface area contributed by atoms with Gasteiger partial charge in [-0.1, -0.05) is 6.07 Å². The monoisotopic (exact) mass is 380 g/mol. The molecule has 0 radical (unpaired) electrons. The first-order chi connectivity index (χ1) is 12.2. The Morgan fingerprint density at radius 1 is 1.27 bits per heavy atom. The standard InChI is InChI=1S/C19H28N4O2.ClH/c1-20-10-6-15-7-12-22(13-8-15)18(24)16-4-2-5-17(14-16)23-11-3-9-21-19(23)25;/h2,4-5,14-15,20H,3,6-13H2,1H3,(H,21,25);1H. The van der Waals surface area contributed by atoms with Gasteiger partial charge in [-0.25, -0.2) is 4.79 Å². The molecular formula is C19H29ClN4O2. The highest BCUT2D eigenvalue weighted by Crippen LogP contribution is 2.23. The van der Waals surface area contributed by atoms with Gasteiger partial charge in [-0.05, 0) is 63.4 Å². The summed E-state index contributed by atoms with van der Waals surface area (Å²) in [6, 6.07) is 7.37. The number of hydrogen-bond donors (Lipinski definition) is 2. The number of hydrogen-bond acceptors (Lipinski definition) is 3. The van der Waals surface area contributed by atoms with Gasteiger partial charge in [-0.2, -0.15) is 0 Å². The number of nitrogens with zero attached hydrogens (tertiary/aromatic N) is 2. The Bertz CT molecular complexity index is 617. The number of likely N-dealkylation sites (tertiary alicyclic amines) is 1. The first-order valence-corrected chi connectivity index (χ1v) is 9.28. The first-order valence-electron chi connectivity index (χ1n) is 9.28. The van der Waals surface area contributed by atoms with Crippen LogP contribution in [0.25, 0.3) is 0 Å². The molecule has 2 aliphatic heterocycles. The smallest absolute Gasteiger partial charge is 0.321 e. The molecule has 2 fully saturated rings. The van der Waals surface area contributed by atoms with E-state index in [1.54, 1.807) is 4.90 Å². The van der Waals surface area contributed by atoms with Crippen LogP contribution in [-0.2, 0) is 0 Å². The van der Waals surface area contributed by atoms with Gasteiger partial charge < -0.3 is 15.5 Å². The molecule has 0 bridgehead atoms. The van der Waals surface area contributed by atoms with E-state index in [2.05, 4.69) is 10.6 Å². The van der Waals surface area contributed by atoms with Crippen LogP contribution in [0.15, 0.2) is 24.3 Å². The Hall–Kier alpha value is -1.79. The van der Waals surface area contributed by atoms with Crippen molar-refractivity contribution in [2.75, 3.05) is 44.7 Å². The Balaban J connectivity index is 0.00000243. The van der Waals surface area contributed by atoms with E-state index >= 15 is 0 Å². The largest absolute Gasteiger partial charge is 0.339 e. The SMILES string of the molecule is CNCCC1CCN(C(=O)c2cccc(N3CCCNC3=O)c2)CC1.Cl. The van der Waals surface area contributed by atoms with Crippen LogP contribution in [-0.4, -0.2) is 56.6 Å². The molecule has 0 aromatic heterocycles. The fourth-order valence-electron chi connectivity index (χ4n) is 3.64. The van der Waals surface area contributed by atoms with Crippen molar-refractivity contribution in [3.63, 3.8) is 0 Å². The second-order valence-corrected chi connectivity index (χ2v) is 6.92. The summed E-state index contributed by atoms with van der Waals surface area (Å²) in [6.07, 6.45) is 4.24. The topological polar surface area (TPSA) is 64.7 Å². The maximum absolute atomic E-state index is 12.8. The number of anilines is 1. The zero-order valence-corrected chi connectivity index (χ0v) is 16.2. The van der Waals surface area contributed by atoms with Crippen molar-refractivity contribution >= 4 is 30.0 Å². The minimum atomic E-state index is -0.0822. The molecule has 0 unspecified atom stereocenters. The molecular weight excluding hydrogens is 352 g/mol. The van der Waals surface area contributed by atoms with Crippen LogP contribution in [0.4, 0.5) is 10.5 Å². The molecule has 0 saturated carbocycles. The molecule has 3 rings (SSSR count). The van der Waals surface area contributed by atoms with Gasteiger partial charge in [0, 0.05) is 37.4 Å². The fraction of sp³-hybridized carbons (Fsp3) is 0.579. The van der Waals surface area contributed by atoms with Crippen LogP contribution >= 0.6 is 12.4 Å². The van der Waals surface area contributed by atoms with Crippen LogP contribution in [0.5, 0.6) is 0 Å². The molecule has 0 spiro atoms. The quantitative estimate of drug-likeness (QED) is 0.824. The van der Waals surface area contributed by atoms with E-state index in [1.165, 1.54) is 6.42 Å². The van der Waals surface area contributed by atoms with E-state index in [1.807, 2.05) is 36.2 Å². The van der Waals surface area contributed by atoms with Gasteiger partial charge >= 0.3 is 6.03 Å². The molecule has 1 aromatic rings. The minimum absolute atomic E-state index is 0. The Labute approximate surface area is 161 Å². The molecule has 2 saturated heterocycles. The summed E-state index contributed by atoms with van der Waals surface area (Å²) in [4.78, 5) is 28.5. The molecule has 26 heavy (non-hydrogen) atoms. The van der Waals surface area contributed by atoms with Gasteiger partial charge in [0.05, 0.1) is 0 Å². The van der Waals surface area contributed by atoms with E-state index in [-0.39, 0.29) is 24.3 Å². The summed E-state index contributed by atoms with van der Waals surface area (Å²) in [5.74, 6) is 0.784. The average Bonchev–Trinajstić information content (AvgIpc) is 2.67. The van der Waals surface area contributed by atoms with Crippen molar-refractivity contribution in [2.24, 2.45) is 5.92 Å². The van der Waals surface area contributed by atoms with Gasteiger partial charge in [0.2, 0.25) is 0 Å². The Morgan fingerprint density at radius 2 is 2.04 bits per heavy atom. The van der Waals surface area contributed by atoms with Crippen molar-refractivity contribution in [1.29, 1.82) is 0 Å². The third kappa shape index (κ3) is 4.89. The van der Waals surface area contributed by atoms with Crippen molar-refractivity contribution in [1.82, 2.24) is 15.5 Å². The predicted octanol–water partition coefficient (Wildman–Crippen LogP) is 2.49. The molecule has 2 aliphatic rings. The minimum Gasteiger partial charge on any atom is -0.339 e. The molecule has 7 heteroatoms. The summed E-state index contributed by atoms with van der Waals surface area (Å²) in [7, 11) is 1.98. The van der Waals surface area contributed by atoms with Crippen LogP contribution < -0.4 is 15.5 Å². The average molecular weight is 381 g/mol. The van der Waals surface area contributed by atoms with Crippen LogP contribution in [0, 0.1) is 5.92 Å². The lowest BCUT2D eigenvalue weighted by Gasteiger charge is -2.32. The maximum atomic E-state index is 12.8. The lowest BCUT2D eigenvalue weighted by atomic mass is 9.93. The number of halogens is 1. The highest BCUT2D eigenvalue weighted by molar-refractivity contribution is 5.98. The van der Waals surface area contributed by atoms with E-state index in [9.17, 15) is 9.59 Å². The van der Waals surface area contributed by atoms with Crippen LogP contribution in [0.3, 0.4) is 0 Å². The first kappa shape index (κ1) is 20.5. The van der Waals surface area contributed by atoms with Crippen molar-refractivity contribution in [3.8, 4) is 0 Å². The van der Waals surface area contributed by atoms with Gasteiger partial charge in [0.25, 0.3) is 5.91 Å². The highest BCUT2D eigenvalue weighted by atomic mass is 35.5. The lowest BCUT2D eigenvalue weighted by molar-refractivity contribution is 0.0687. The van der Waals surface area contributed by atoms with E-state index in [4.69, 9.17) is 0 Å². The molecule has 2 heterocycles. The van der Waals surface area contributed by atoms with E-state index in [0.29, 0.717) is 18.0 Å². The molecule has 0 atom stereocenters. The highest BCUT2D eigenvalue weighted by Gasteiger charge is 2.25. The zero-order valence-electron chi connectivity index (χ0n) is 15.4. The molecule has 1 aromatic carbocycles. The summed E-state index contributed by atoms with van der Waals surface area (Å²) >= 11 is 0. The van der Waals surface area contributed by atoms with Gasteiger partial charge in [-0.3, -0.25) is 9.69 Å². The molecule has 6 nitrogen and oxygen atoms in total. The van der Waals surface area contributed by atoms with Gasteiger partial charge in [-0.15, -0.1) is 12.4 Å². The number of rotatable bonds is 5. The fourth-order valence-corrected chi connectivity index (χ4v) is 3.64. The summed E-state index contributed by atoms with van der Waals surface area (Å²) in [5.41, 5.74) is 1.47. The van der Waals surface area contributed by atoms with Crippen LogP contribution in [0.2, 0.25) is 0 Å². The zero-order chi connectivity index (χ0) is 17.6. The number of amides is 3. The predicted molar refractivity (Wildman–Crippen MR) is 106 cm³/mol. The molecule has 3 amide bonds. The second kappa shape index (κ2) is 9.78.